The van der Waals surface area contributed by atoms with Gasteiger partial charge in [-0.3, -0.25) is 24.0 Å². The quantitative estimate of drug-likeness (QED) is 0.214. The number of carbonyl (C=O) groups is 6. The van der Waals surface area contributed by atoms with Crippen molar-refractivity contribution in [2.24, 2.45) is 23.2 Å². The highest BCUT2D eigenvalue weighted by atomic mass is 16.6. The lowest BCUT2D eigenvalue weighted by molar-refractivity contribution is -0.145. The number of alkyl carbamates (subject to hydrolysis) is 1. The third-order valence-corrected chi connectivity index (χ3v) is 9.46. The second-order valence-electron chi connectivity index (χ2n) is 14.5. The Hall–Kier alpha value is -3.18. The molecule has 4 unspecified atom stereocenters. The highest BCUT2D eigenvalue weighted by molar-refractivity contribution is 6.38. The first kappa shape index (κ1) is 36.3. The Morgan fingerprint density at radius 3 is 2.18 bits per heavy atom. The van der Waals surface area contributed by atoms with E-state index in [1.54, 1.807) is 25.7 Å². The molecule has 45 heavy (non-hydrogen) atoms. The van der Waals surface area contributed by atoms with E-state index in [4.69, 9.17) is 4.74 Å². The van der Waals surface area contributed by atoms with Gasteiger partial charge in [0.2, 0.25) is 23.5 Å². The van der Waals surface area contributed by atoms with Gasteiger partial charge in [0.1, 0.15) is 17.7 Å². The molecule has 2 saturated carbocycles. The van der Waals surface area contributed by atoms with E-state index in [1.165, 1.54) is 0 Å². The first-order valence-corrected chi connectivity index (χ1v) is 16.8. The molecule has 0 aromatic carbocycles. The van der Waals surface area contributed by atoms with Crippen LogP contribution in [-0.4, -0.2) is 83.8 Å². The van der Waals surface area contributed by atoms with Crippen LogP contribution in [0.4, 0.5) is 4.79 Å². The van der Waals surface area contributed by atoms with Crippen LogP contribution in [0.3, 0.4) is 0 Å². The normalized spacial score (nSPS) is 23.6. The van der Waals surface area contributed by atoms with E-state index in [0.717, 1.165) is 38.5 Å². The third kappa shape index (κ3) is 9.42. The number of fused-ring (bicyclic) bond motifs is 1. The number of carbonyl (C=O) groups excluding carboxylic acids is 6. The zero-order chi connectivity index (χ0) is 33.5. The van der Waals surface area contributed by atoms with Gasteiger partial charge < -0.3 is 30.9 Å². The maximum Gasteiger partial charge on any atom is 0.408 e. The molecule has 254 valence electrons. The Kier molecular flexibility index (Phi) is 12.4. The number of nitrogens with one attached hydrogen (secondary N) is 4. The van der Waals surface area contributed by atoms with E-state index in [2.05, 4.69) is 35.1 Å². The fraction of sp³-hybridized carbons (Fsp3) is 0.818. The average Bonchev–Trinajstić information content (AvgIpc) is 3.28. The van der Waals surface area contributed by atoms with Gasteiger partial charge in [-0.05, 0) is 69.6 Å². The molecule has 0 spiro atoms. The Balaban J connectivity index is 1.75. The summed E-state index contributed by atoms with van der Waals surface area (Å²) in [7, 11) is 0. The van der Waals surface area contributed by atoms with Crippen molar-refractivity contribution >= 4 is 35.5 Å². The minimum Gasteiger partial charge on any atom is -0.444 e. The highest BCUT2D eigenvalue weighted by Gasteiger charge is 2.69. The van der Waals surface area contributed by atoms with Crippen molar-refractivity contribution in [1.82, 2.24) is 26.2 Å². The lowest BCUT2D eigenvalue weighted by atomic mass is 9.83. The molecule has 3 rings (SSSR count). The van der Waals surface area contributed by atoms with Crippen molar-refractivity contribution in [3.05, 3.63) is 0 Å². The van der Waals surface area contributed by atoms with Crippen molar-refractivity contribution in [2.45, 2.75) is 130 Å². The fourth-order valence-electron chi connectivity index (χ4n) is 6.98. The number of hydrogen-bond acceptors (Lipinski definition) is 7. The lowest BCUT2D eigenvalue weighted by Gasteiger charge is -2.37. The van der Waals surface area contributed by atoms with Crippen LogP contribution in [-0.2, 0) is 28.7 Å². The molecule has 1 aliphatic heterocycles. The first-order chi connectivity index (χ1) is 21.1. The molecule has 1 saturated heterocycles. The van der Waals surface area contributed by atoms with Gasteiger partial charge in [0, 0.05) is 26.1 Å². The molecule has 5 amide bonds. The summed E-state index contributed by atoms with van der Waals surface area (Å²) >= 11 is 0. The van der Waals surface area contributed by atoms with Gasteiger partial charge in [-0.15, -0.1) is 0 Å². The average molecular weight is 634 g/mol. The maximum absolute atomic E-state index is 14.2. The van der Waals surface area contributed by atoms with Gasteiger partial charge in [-0.25, -0.2) is 4.79 Å². The summed E-state index contributed by atoms with van der Waals surface area (Å²) in [6, 6.07) is -2.73. The topological polar surface area (TPSA) is 163 Å². The van der Waals surface area contributed by atoms with Crippen LogP contribution < -0.4 is 21.3 Å². The second kappa shape index (κ2) is 15.4. The zero-order valence-electron chi connectivity index (χ0n) is 28.3. The van der Waals surface area contributed by atoms with Crippen LogP contribution >= 0.6 is 0 Å². The number of ketones is 1. The SMILES string of the molecule is CCCNC(=O)CCNC(=O)C(=O)C(CCC)NC(=O)[C@@H]1C2C(CN1C(=O)C(NC(=O)OC(C)(C)C)C1CCCCC1)C2(C)C. The number of nitrogens with zero attached hydrogens (tertiary/aromatic N) is 1. The van der Waals surface area contributed by atoms with Crippen LogP contribution in [0.25, 0.3) is 0 Å². The predicted molar refractivity (Wildman–Crippen MR) is 169 cm³/mol. The Morgan fingerprint density at radius 2 is 1.58 bits per heavy atom. The van der Waals surface area contributed by atoms with Gasteiger partial charge in [0.25, 0.3) is 5.91 Å². The second-order valence-corrected chi connectivity index (χ2v) is 14.5. The molecule has 0 bridgehead atoms. The predicted octanol–water partition coefficient (Wildman–Crippen LogP) is 2.83. The summed E-state index contributed by atoms with van der Waals surface area (Å²) < 4.78 is 5.50. The molecule has 5 atom stereocenters. The standard InChI is InChI=1S/C33H55N5O7/c1-8-13-22(27(40)29(42)35-18-16-23(39)34-17-9-2)36-28(41)26-24-21(33(24,6)7)19-38(26)30(43)25(20-14-11-10-12-15-20)37-31(44)45-32(3,4)5/h20-22,24-26H,8-19H2,1-7H3,(H,34,39)(H,35,42)(H,36,41)(H,37,44)/t21?,22?,24?,25?,26-/m0/s1. The van der Waals surface area contributed by atoms with Crippen molar-refractivity contribution < 1.29 is 33.5 Å². The smallest absolute Gasteiger partial charge is 0.408 e. The number of amides is 5. The van der Waals surface area contributed by atoms with Crippen molar-refractivity contribution in [3.8, 4) is 0 Å². The van der Waals surface area contributed by atoms with E-state index < -0.39 is 47.4 Å². The molecular formula is C33H55N5O7. The molecule has 0 aromatic rings. The molecule has 2 aliphatic carbocycles. The Labute approximate surface area is 267 Å². The summed E-state index contributed by atoms with van der Waals surface area (Å²) in [6.07, 6.45) is 5.52. The molecule has 3 aliphatic rings. The Morgan fingerprint density at radius 1 is 0.911 bits per heavy atom. The molecule has 0 aromatic heterocycles. The van der Waals surface area contributed by atoms with Crippen molar-refractivity contribution in [1.29, 1.82) is 0 Å². The number of piperidine rings is 1. The number of hydrogen-bond donors (Lipinski definition) is 4. The number of ether oxygens (including phenoxy) is 1. The molecule has 0 radical (unpaired) electrons. The van der Waals surface area contributed by atoms with Crippen molar-refractivity contribution in [3.63, 3.8) is 0 Å². The zero-order valence-corrected chi connectivity index (χ0v) is 28.3. The van der Waals surface area contributed by atoms with Gasteiger partial charge in [0.05, 0.1) is 6.04 Å². The molecular weight excluding hydrogens is 578 g/mol. The van der Waals surface area contributed by atoms with Gasteiger partial charge >= 0.3 is 6.09 Å². The van der Waals surface area contributed by atoms with E-state index in [0.29, 0.717) is 19.5 Å². The Bertz CT molecular complexity index is 1110. The highest BCUT2D eigenvalue weighted by Crippen LogP contribution is 2.65. The molecule has 12 nitrogen and oxygen atoms in total. The largest absolute Gasteiger partial charge is 0.444 e. The van der Waals surface area contributed by atoms with Crippen LogP contribution in [0.5, 0.6) is 0 Å². The fourth-order valence-corrected chi connectivity index (χ4v) is 6.98. The van der Waals surface area contributed by atoms with Crippen molar-refractivity contribution in [2.75, 3.05) is 19.6 Å². The minimum atomic E-state index is -1.07. The van der Waals surface area contributed by atoms with Gasteiger partial charge in [-0.2, -0.15) is 0 Å². The maximum atomic E-state index is 14.2. The minimum absolute atomic E-state index is 0.00294. The first-order valence-electron chi connectivity index (χ1n) is 16.8. The van der Waals surface area contributed by atoms with Gasteiger partial charge in [-0.1, -0.05) is 53.4 Å². The summed E-state index contributed by atoms with van der Waals surface area (Å²) in [5.41, 5.74) is -0.905. The summed E-state index contributed by atoms with van der Waals surface area (Å²) in [4.78, 5) is 80.3. The summed E-state index contributed by atoms with van der Waals surface area (Å²) in [5.74, 6) is -2.73. The van der Waals surface area contributed by atoms with Crippen LogP contribution in [0.15, 0.2) is 0 Å². The molecule has 12 heteroatoms. The number of rotatable bonds is 14. The number of Topliss-reactive ketones (excluding diaryl/α,β-unsaturated/α-hetero) is 1. The van der Waals surface area contributed by atoms with Gasteiger partial charge in [0.15, 0.2) is 0 Å². The lowest BCUT2D eigenvalue weighted by Crippen LogP contribution is -2.59. The summed E-state index contributed by atoms with van der Waals surface area (Å²) in [5, 5.41) is 10.9. The van der Waals surface area contributed by atoms with Crippen LogP contribution in [0.2, 0.25) is 0 Å². The third-order valence-electron chi connectivity index (χ3n) is 9.46. The monoisotopic (exact) mass is 633 g/mol. The molecule has 3 fully saturated rings. The van der Waals surface area contributed by atoms with E-state index in [1.807, 2.05) is 13.8 Å². The van der Waals surface area contributed by atoms with Crippen LogP contribution in [0, 0.1) is 23.2 Å². The van der Waals surface area contributed by atoms with E-state index >= 15 is 0 Å². The van der Waals surface area contributed by atoms with Crippen LogP contribution in [0.1, 0.15) is 106 Å². The summed E-state index contributed by atoms with van der Waals surface area (Å²) in [6.45, 7) is 14.1. The van der Waals surface area contributed by atoms with E-state index in [9.17, 15) is 28.8 Å². The number of likely N-dealkylation sites (tertiary alicyclic amines) is 1. The molecule has 4 N–H and O–H groups in total. The van der Waals surface area contributed by atoms with E-state index in [-0.39, 0.29) is 54.4 Å². The molecule has 1 heterocycles.